The third-order valence-electron chi connectivity index (χ3n) is 6.86. The summed E-state index contributed by atoms with van der Waals surface area (Å²) in [5, 5.41) is 2.70. The maximum Gasteiger partial charge on any atom is 0.343 e. The summed E-state index contributed by atoms with van der Waals surface area (Å²) in [6.45, 7) is 11.7. The number of nitrogens with one attached hydrogen (secondary N) is 1. The highest BCUT2D eigenvalue weighted by Gasteiger charge is 2.59. The van der Waals surface area contributed by atoms with Gasteiger partial charge in [-0.2, -0.15) is 0 Å². The zero-order valence-electron chi connectivity index (χ0n) is 17.6. The van der Waals surface area contributed by atoms with Gasteiger partial charge >= 0.3 is 11.9 Å². The standard InChI is InChI=1S/C22H31NO5/c1-12(2)18(23-13(3)24)20(26)28-17-9-10-21(4,5)16-8-7-14-15(22(16,17)6)11-27-19(14)25/h7,11-12,16-18H,8-10H2,1-6H3,(H,23,24)/t16-,17-,18-,22+/m0/s1. The number of amides is 1. The zero-order valence-corrected chi connectivity index (χ0v) is 17.6. The molecule has 1 N–H and O–H groups in total. The molecule has 1 heterocycles. The van der Waals surface area contributed by atoms with E-state index in [1.54, 1.807) is 0 Å². The third-order valence-corrected chi connectivity index (χ3v) is 6.86. The van der Waals surface area contributed by atoms with Crippen molar-refractivity contribution in [3.8, 4) is 0 Å². The van der Waals surface area contributed by atoms with Crippen LogP contribution in [-0.4, -0.2) is 30.0 Å². The van der Waals surface area contributed by atoms with Gasteiger partial charge in [0.15, 0.2) is 0 Å². The molecule has 0 unspecified atom stereocenters. The lowest BCUT2D eigenvalue weighted by atomic mass is 9.49. The van der Waals surface area contributed by atoms with Crippen LogP contribution in [0.15, 0.2) is 23.5 Å². The van der Waals surface area contributed by atoms with Gasteiger partial charge in [-0.05, 0) is 36.5 Å². The van der Waals surface area contributed by atoms with Crippen molar-refractivity contribution >= 4 is 17.8 Å². The molecule has 6 nitrogen and oxygen atoms in total. The fourth-order valence-corrected chi connectivity index (χ4v) is 5.25. The molecule has 0 aromatic heterocycles. The van der Waals surface area contributed by atoms with E-state index in [9.17, 15) is 14.4 Å². The van der Waals surface area contributed by atoms with Crippen LogP contribution in [0.2, 0.25) is 0 Å². The van der Waals surface area contributed by atoms with Crippen LogP contribution in [0, 0.1) is 22.7 Å². The van der Waals surface area contributed by atoms with E-state index < -0.39 is 17.4 Å². The van der Waals surface area contributed by atoms with E-state index in [1.807, 2.05) is 19.9 Å². The Bertz CT molecular complexity index is 763. The van der Waals surface area contributed by atoms with Crippen molar-refractivity contribution in [3.63, 3.8) is 0 Å². The summed E-state index contributed by atoms with van der Waals surface area (Å²) in [6, 6.07) is -0.691. The molecule has 0 aromatic carbocycles. The zero-order chi connectivity index (χ0) is 20.9. The van der Waals surface area contributed by atoms with Crippen LogP contribution in [0.3, 0.4) is 0 Å². The predicted octanol–water partition coefficient (Wildman–Crippen LogP) is 3.27. The highest BCUT2D eigenvalue weighted by atomic mass is 16.5. The lowest BCUT2D eigenvalue weighted by molar-refractivity contribution is -0.170. The Hall–Kier alpha value is -2.11. The minimum atomic E-state index is -0.691. The van der Waals surface area contributed by atoms with E-state index in [-0.39, 0.29) is 35.2 Å². The predicted molar refractivity (Wildman–Crippen MR) is 104 cm³/mol. The highest BCUT2D eigenvalue weighted by Crippen LogP contribution is 2.61. The van der Waals surface area contributed by atoms with Gasteiger partial charge in [-0.3, -0.25) is 4.79 Å². The highest BCUT2D eigenvalue weighted by molar-refractivity contribution is 5.97. The number of hydrogen-bond donors (Lipinski definition) is 1. The van der Waals surface area contributed by atoms with Crippen molar-refractivity contribution in [3.05, 3.63) is 23.5 Å². The number of rotatable bonds is 4. The number of esters is 2. The molecule has 154 valence electrons. The molecule has 6 heteroatoms. The van der Waals surface area contributed by atoms with E-state index >= 15 is 0 Å². The van der Waals surface area contributed by atoms with Gasteiger partial charge < -0.3 is 14.8 Å². The number of ether oxygens (including phenoxy) is 2. The van der Waals surface area contributed by atoms with Crippen LogP contribution in [-0.2, 0) is 23.9 Å². The average molecular weight is 389 g/mol. The van der Waals surface area contributed by atoms with Crippen LogP contribution in [0.4, 0.5) is 0 Å². The molecule has 2 aliphatic carbocycles. The summed E-state index contributed by atoms with van der Waals surface area (Å²) >= 11 is 0. The van der Waals surface area contributed by atoms with E-state index in [0.717, 1.165) is 18.4 Å². The Labute approximate surface area is 166 Å². The summed E-state index contributed by atoms with van der Waals surface area (Å²) in [5.41, 5.74) is 0.965. The molecule has 0 aromatic rings. The molecule has 1 amide bonds. The molecule has 4 atom stereocenters. The molecule has 0 spiro atoms. The second kappa shape index (κ2) is 7.05. The van der Waals surface area contributed by atoms with Crippen molar-refractivity contribution < 1.29 is 23.9 Å². The molecular formula is C22H31NO5. The van der Waals surface area contributed by atoms with Gasteiger partial charge in [0.1, 0.15) is 12.1 Å². The lowest BCUT2D eigenvalue weighted by Crippen LogP contribution is -2.55. The number of carbonyl (C=O) groups excluding carboxylic acids is 3. The van der Waals surface area contributed by atoms with Crippen molar-refractivity contribution in [2.75, 3.05) is 0 Å². The second-order valence-corrected chi connectivity index (χ2v) is 9.50. The first kappa shape index (κ1) is 20.6. The Kier molecular flexibility index (Phi) is 5.19. The van der Waals surface area contributed by atoms with Crippen LogP contribution in [0.5, 0.6) is 0 Å². The average Bonchev–Trinajstić information content (AvgIpc) is 2.97. The SMILES string of the molecule is CC(=O)N[C@H](C(=O)O[C@H]1CCC(C)(C)[C@@H]2CC=C3C(=O)OC=C3[C@@]12C)C(C)C. The van der Waals surface area contributed by atoms with Gasteiger partial charge in [0.05, 0.1) is 11.8 Å². The first-order chi connectivity index (χ1) is 13.0. The van der Waals surface area contributed by atoms with Crippen molar-refractivity contribution in [2.24, 2.45) is 22.7 Å². The van der Waals surface area contributed by atoms with Crippen molar-refractivity contribution in [2.45, 2.75) is 73.0 Å². The normalized spacial score (nSPS) is 31.8. The maximum absolute atomic E-state index is 13.0. The molecule has 3 aliphatic rings. The topological polar surface area (TPSA) is 81.7 Å². The number of hydrogen-bond acceptors (Lipinski definition) is 5. The third kappa shape index (κ3) is 3.27. The van der Waals surface area contributed by atoms with Crippen molar-refractivity contribution in [1.29, 1.82) is 0 Å². The second-order valence-electron chi connectivity index (χ2n) is 9.50. The van der Waals surface area contributed by atoms with Gasteiger partial charge in [-0.15, -0.1) is 0 Å². The van der Waals surface area contributed by atoms with E-state index in [1.165, 1.54) is 13.2 Å². The van der Waals surface area contributed by atoms with Gasteiger partial charge in [0.25, 0.3) is 0 Å². The van der Waals surface area contributed by atoms with Crippen LogP contribution in [0.1, 0.15) is 60.8 Å². The molecule has 1 fully saturated rings. The van der Waals surface area contributed by atoms with Crippen molar-refractivity contribution in [1.82, 2.24) is 5.32 Å². The summed E-state index contributed by atoms with van der Waals surface area (Å²) in [4.78, 5) is 36.6. The Balaban J connectivity index is 1.93. The minimum Gasteiger partial charge on any atom is -0.460 e. The maximum atomic E-state index is 13.0. The lowest BCUT2D eigenvalue weighted by Gasteiger charge is -2.56. The number of allylic oxidation sites excluding steroid dienone is 1. The first-order valence-electron chi connectivity index (χ1n) is 10.1. The van der Waals surface area contributed by atoms with E-state index in [2.05, 4.69) is 26.1 Å². The number of carbonyl (C=O) groups is 3. The molecule has 28 heavy (non-hydrogen) atoms. The first-order valence-corrected chi connectivity index (χ1v) is 10.1. The smallest absolute Gasteiger partial charge is 0.343 e. The molecule has 1 aliphatic heterocycles. The molecule has 1 saturated carbocycles. The quantitative estimate of drug-likeness (QED) is 0.746. The minimum absolute atomic E-state index is 0.0429. The van der Waals surface area contributed by atoms with Crippen LogP contribution in [0.25, 0.3) is 0 Å². The molecular weight excluding hydrogens is 358 g/mol. The largest absolute Gasteiger partial charge is 0.460 e. The molecule has 0 saturated heterocycles. The molecule has 3 rings (SSSR count). The Morgan fingerprint density at radius 3 is 2.57 bits per heavy atom. The Morgan fingerprint density at radius 2 is 1.96 bits per heavy atom. The fraction of sp³-hybridized carbons (Fsp3) is 0.682. The van der Waals surface area contributed by atoms with E-state index in [0.29, 0.717) is 12.0 Å². The van der Waals surface area contributed by atoms with Gasteiger partial charge in [-0.1, -0.05) is 40.7 Å². The fourth-order valence-electron chi connectivity index (χ4n) is 5.25. The summed E-state index contributed by atoms with van der Waals surface area (Å²) < 4.78 is 11.2. The Morgan fingerprint density at radius 1 is 1.29 bits per heavy atom. The molecule has 0 radical (unpaired) electrons. The summed E-state index contributed by atoms with van der Waals surface area (Å²) in [7, 11) is 0. The van der Waals surface area contributed by atoms with Crippen LogP contribution < -0.4 is 5.32 Å². The number of cyclic esters (lactones) is 1. The van der Waals surface area contributed by atoms with Crippen LogP contribution >= 0.6 is 0 Å². The van der Waals surface area contributed by atoms with Gasteiger partial charge in [0.2, 0.25) is 5.91 Å². The van der Waals surface area contributed by atoms with Gasteiger partial charge in [-0.25, -0.2) is 9.59 Å². The summed E-state index contributed by atoms with van der Waals surface area (Å²) in [6.07, 6.45) is 5.50. The molecule has 0 bridgehead atoms. The monoisotopic (exact) mass is 389 g/mol. The van der Waals surface area contributed by atoms with E-state index in [4.69, 9.17) is 9.47 Å². The summed E-state index contributed by atoms with van der Waals surface area (Å²) in [5.74, 6) is -0.880. The number of fused-ring (bicyclic) bond motifs is 3. The van der Waals surface area contributed by atoms with Gasteiger partial charge in [0, 0.05) is 17.9 Å².